The van der Waals surface area contributed by atoms with Crippen LogP contribution in [0.1, 0.15) is 0 Å². The van der Waals surface area contributed by atoms with Crippen molar-refractivity contribution in [2.75, 3.05) is 0 Å². The predicted molar refractivity (Wildman–Crippen MR) is 90.8 cm³/mol. The molecule has 0 bridgehead atoms. The average molecular weight is 352 g/mol. The summed E-state index contributed by atoms with van der Waals surface area (Å²) >= 11 is -0.368. The normalized spacial score (nSPS) is 9.43. The zero-order valence-corrected chi connectivity index (χ0v) is 14.2. The molecule has 0 amide bonds. The fourth-order valence-electron chi connectivity index (χ4n) is 2.14. The molecule has 0 nitrogen and oxygen atoms in total. The number of hydrogen-bond donors (Lipinski definition) is 0. The van der Waals surface area contributed by atoms with E-state index in [1.807, 2.05) is 0 Å². The molecule has 107 valence electrons. The minimum atomic E-state index is -0.368. The second-order valence-electron chi connectivity index (χ2n) is 4.37. The Labute approximate surface area is 140 Å². The van der Waals surface area contributed by atoms with Gasteiger partial charge >= 0.3 is 34.1 Å². The van der Waals surface area contributed by atoms with Crippen molar-refractivity contribution in [3.05, 3.63) is 84.9 Å². The molecule has 0 N–H and O–H groups in total. The molecule has 0 aliphatic carbocycles. The summed E-state index contributed by atoms with van der Waals surface area (Å²) in [5.41, 5.74) is 0. The van der Waals surface area contributed by atoms with Crippen molar-refractivity contribution in [2.45, 2.75) is 0 Å². The summed E-state index contributed by atoms with van der Waals surface area (Å²) in [6.45, 7) is 0. The molecule has 0 spiro atoms. The molecule has 0 aliphatic heterocycles. The van der Waals surface area contributed by atoms with E-state index in [9.17, 15) is 0 Å². The van der Waals surface area contributed by atoms with E-state index in [1.54, 1.807) is 0 Å². The first-order chi connectivity index (χ1) is 10.3. The third kappa shape index (κ3) is 4.95. The van der Waals surface area contributed by atoms with Crippen LogP contribution in [-0.4, -0.2) is 0 Å². The third-order valence-corrected chi connectivity index (χ3v) is 3.10. The Morgan fingerprint density at radius 2 is 1.00 bits per heavy atom. The van der Waals surface area contributed by atoms with Crippen LogP contribution in [0.25, 0.3) is 21.5 Å². The van der Waals surface area contributed by atoms with Gasteiger partial charge in [0.05, 0.1) is 0 Å². The first-order valence-corrected chi connectivity index (χ1v) is 10.3. The quantitative estimate of drug-likeness (QED) is 0.317. The first kappa shape index (κ1) is 16.2. The Kier molecular flexibility index (Phi) is 6.92. The number of rotatable bonds is 0. The summed E-state index contributed by atoms with van der Waals surface area (Å²) in [5, 5.41) is 5.32. The zero-order valence-electron chi connectivity index (χ0n) is 11.3. The van der Waals surface area contributed by atoms with Gasteiger partial charge < -0.3 is 0 Å². The maximum absolute atomic E-state index is 4.86. The molecular formula is C18H14Cl2V-2. The van der Waals surface area contributed by atoms with Crippen LogP contribution in [0.5, 0.6) is 0 Å². The van der Waals surface area contributed by atoms with Gasteiger partial charge in [-0.15, -0.1) is 59.3 Å². The molecule has 0 heterocycles. The van der Waals surface area contributed by atoms with Crippen LogP contribution in [0.4, 0.5) is 0 Å². The molecule has 0 radical (unpaired) electrons. The largest absolute Gasteiger partial charge is 0.168 e. The summed E-state index contributed by atoms with van der Waals surface area (Å²) in [7, 11) is 9.72. The number of benzene rings is 2. The van der Waals surface area contributed by atoms with Gasteiger partial charge in [0.2, 0.25) is 0 Å². The van der Waals surface area contributed by atoms with Crippen LogP contribution in [0.3, 0.4) is 0 Å². The summed E-state index contributed by atoms with van der Waals surface area (Å²) in [5.74, 6) is 0. The van der Waals surface area contributed by atoms with Gasteiger partial charge in [-0.05, 0) is 0 Å². The standard InChI is InChI=1S/2C9H7.2ClH.V/c2*1-2-5-9-7-3-6-8(9)4-1;;;/h2*1-7H;2*1H;/q2*-1;;;+2/p-2. The second kappa shape index (κ2) is 8.97. The van der Waals surface area contributed by atoms with E-state index in [0.717, 1.165) is 0 Å². The van der Waals surface area contributed by atoms with Crippen molar-refractivity contribution in [1.29, 1.82) is 0 Å². The van der Waals surface area contributed by atoms with Gasteiger partial charge in [-0.3, -0.25) is 0 Å². The number of hydrogen-bond acceptors (Lipinski definition) is 0. The minimum absolute atomic E-state index is 0.368. The summed E-state index contributed by atoms with van der Waals surface area (Å²) in [4.78, 5) is 0. The molecule has 0 aliphatic rings. The van der Waals surface area contributed by atoms with Crippen molar-refractivity contribution >= 4 is 41.2 Å². The molecule has 4 aromatic rings. The molecule has 0 saturated carbocycles. The minimum Gasteiger partial charge on any atom is -0.168 e. The molecule has 3 heteroatoms. The van der Waals surface area contributed by atoms with Crippen molar-refractivity contribution in [3.63, 3.8) is 0 Å². The topological polar surface area (TPSA) is 0 Å². The molecular weight excluding hydrogens is 338 g/mol. The fourth-order valence-corrected chi connectivity index (χ4v) is 2.14. The first-order valence-electron chi connectivity index (χ1n) is 6.48. The second-order valence-corrected chi connectivity index (χ2v) is 6.68. The van der Waals surface area contributed by atoms with Gasteiger partial charge in [0.1, 0.15) is 0 Å². The summed E-state index contributed by atoms with van der Waals surface area (Å²) < 4.78 is 0. The van der Waals surface area contributed by atoms with Crippen LogP contribution in [0, 0.1) is 0 Å². The predicted octanol–water partition coefficient (Wildman–Crippen LogP) is 6.49. The van der Waals surface area contributed by atoms with E-state index in [1.165, 1.54) is 21.5 Å². The van der Waals surface area contributed by atoms with Crippen molar-refractivity contribution < 1.29 is 14.4 Å². The molecule has 0 unspecified atom stereocenters. The molecule has 4 aromatic carbocycles. The summed E-state index contributed by atoms with van der Waals surface area (Å²) in [6.07, 6.45) is 0. The molecule has 0 fully saturated rings. The van der Waals surface area contributed by atoms with Gasteiger partial charge in [0, 0.05) is 0 Å². The molecule has 4 rings (SSSR count). The van der Waals surface area contributed by atoms with E-state index in [2.05, 4.69) is 84.9 Å². The van der Waals surface area contributed by atoms with E-state index in [4.69, 9.17) is 19.7 Å². The Hall–Kier alpha value is -1.18. The fraction of sp³-hybridized carbons (Fsp3) is 0. The van der Waals surface area contributed by atoms with Crippen molar-refractivity contribution in [3.8, 4) is 0 Å². The van der Waals surface area contributed by atoms with E-state index in [0.29, 0.717) is 0 Å². The van der Waals surface area contributed by atoms with Crippen molar-refractivity contribution in [1.82, 2.24) is 0 Å². The smallest absolute Gasteiger partial charge is 0.0809 e. The maximum atomic E-state index is 4.86. The number of fused-ring (bicyclic) bond motifs is 2. The van der Waals surface area contributed by atoms with Gasteiger partial charge in [-0.25, -0.2) is 0 Å². The van der Waals surface area contributed by atoms with E-state index in [-0.39, 0.29) is 14.4 Å². The maximum Gasteiger partial charge on any atom is -0.0809 e. The monoisotopic (exact) mass is 351 g/mol. The third-order valence-electron chi connectivity index (χ3n) is 3.10. The Balaban J connectivity index is 0.000000130. The Morgan fingerprint density at radius 1 is 0.619 bits per heavy atom. The average Bonchev–Trinajstić information content (AvgIpc) is 3.17. The zero-order chi connectivity index (χ0) is 14.9. The van der Waals surface area contributed by atoms with E-state index >= 15 is 0 Å². The number of halogens is 2. The molecule has 0 aromatic heterocycles. The Bertz CT molecular complexity index is 644. The SMILES string of the molecule is [Cl][V][Cl].c1ccc2[cH-]ccc2c1.c1ccc2[cH-]ccc2c1. The van der Waals surface area contributed by atoms with Gasteiger partial charge in [0.25, 0.3) is 0 Å². The van der Waals surface area contributed by atoms with Gasteiger partial charge in [-0.1, -0.05) is 12.1 Å². The van der Waals surface area contributed by atoms with E-state index < -0.39 is 0 Å². The van der Waals surface area contributed by atoms with Crippen LogP contribution >= 0.6 is 19.7 Å². The molecule has 0 atom stereocenters. The molecule has 21 heavy (non-hydrogen) atoms. The van der Waals surface area contributed by atoms with Gasteiger partial charge in [0.15, 0.2) is 0 Å². The van der Waals surface area contributed by atoms with Crippen molar-refractivity contribution in [2.24, 2.45) is 0 Å². The molecule has 0 saturated heterocycles. The van der Waals surface area contributed by atoms with Crippen LogP contribution in [0.2, 0.25) is 0 Å². The Morgan fingerprint density at radius 3 is 1.38 bits per heavy atom. The van der Waals surface area contributed by atoms with Gasteiger partial charge in [-0.2, -0.15) is 35.0 Å². The van der Waals surface area contributed by atoms with Crippen LogP contribution < -0.4 is 0 Å². The summed E-state index contributed by atoms with van der Waals surface area (Å²) in [6, 6.07) is 29.3. The van der Waals surface area contributed by atoms with Crippen LogP contribution in [-0.2, 0) is 14.4 Å². The van der Waals surface area contributed by atoms with Crippen LogP contribution in [0.15, 0.2) is 84.9 Å².